The highest BCUT2D eigenvalue weighted by Gasteiger charge is 2.26. The van der Waals surface area contributed by atoms with Crippen LogP contribution in [0.5, 0.6) is 0 Å². The Balaban J connectivity index is 1.50. The molecule has 1 fully saturated rings. The van der Waals surface area contributed by atoms with Crippen molar-refractivity contribution in [2.45, 2.75) is 32.9 Å². The van der Waals surface area contributed by atoms with Crippen molar-refractivity contribution in [3.63, 3.8) is 0 Å². The van der Waals surface area contributed by atoms with Gasteiger partial charge in [0, 0.05) is 50.7 Å². The lowest BCUT2D eigenvalue weighted by molar-refractivity contribution is 0.102. The van der Waals surface area contributed by atoms with E-state index in [4.69, 9.17) is 0 Å². The summed E-state index contributed by atoms with van der Waals surface area (Å²) in [6, 6.07) is 5.65. The molecule has 1 amide bonds. The number of nitrogens with one attached hydrogen (secondary N) is 2. The molecule has 1 aliphatic rings. The molecule has 0 radical (unpaired) electrons. The minimum absolute atomic E-state index is 0.223. The fraction of sp³-hybridized carbons (Fsp3) is 0.364. The normalized spacial score (nSPS) is 19.1. The van der Waals surface area contributed by atoms with Crippen molar-refractivity contribution in [1.29, 1.82) is 0 Å². The molecule has 0 saturated carbocycles. The Morgan fingerprint density at radius 3 is 2.72 bits per heavy atom. The number of aryl methyl sites for hydroxylation is 2. The van der Waals surface area contributed by atoms with Crippen LogP contribution in [0.15, 0.2) is 30.6 Å². The number of piperazine rings is 1. The van der Waals surface area contributed by atoms with Crippen LogP contribution in [0.1, 0.15) is 29.9 Å². The highest BCUT2D eigenvalue weighted by molar-refractivity contribution is 6.13. The number of nitrogens with zero attached hydrogens (tertiary/aromatic N) is 6. The van der Waals surface area contributed by atoms with Crippen molar-refractivity contribution in [3.8, 4) is 0 Å². The second-order valence-corrected chi connectivity index (χ2v) is 8.56. The number of amides is 1. The van der Waals surface area contributed by atoms with Crippen molar-refractivity contribution < 1.29 is 9.18 Å². The number of halogens is 1. The summed E-state index contributed by atoms with van der Waals surface area (Å²) >= 11 is 0. The molecular weight excluding hydrogens is 411 g/mol. The lowest BCUT2D eigenvalue weighted by Crippen LogP contribution is -2.54. The van der Waals surface area contributed by atoms with Crippen molar-refractivity contribution in [3.05, 3.63) is 47.7 Å². The predicted octanol–water partition coefficient (Wildman–Crippen LogP) is 2.50. The van der Waals surface area contributed by atoms with Crippen LogP contribution >= 0.6 is 0 Å². The van der Waals surface area contributed by atoms with Crippen LogP contribution in [-0.4, -0.2) is 55.5 Å². The Labute approximate surface area is 184 Å². The Bertz CT molecular complexity index is 1330. The van der Waals surface area contributed by atoms with E-state index >= 15 is 0 Å². The summed E-state index contributed by atoms with van der Waals surface area (Å²) in [7, 11) is 1.82. The number of pyridine rings is 1. The second-order valence-electron chi connectivity index (χ2n) is 8.56. The minimum Gasteiger partial charge on any atom is -0.367 e. The zero-order chi connectivity index (χ0) is 22.6. The first kappa shape index (κ1) is 20.4. The van der Waals surface area contributed by atoms with Crippen molar-refractivity contribution in [2.24, 2.45) is 7.05 Å². The third-order valence-electron chi connectivity index (χ3n) is 5.76. The van der Waals surface area contributed by atoms with Crippen molar-refractivity contribution in [1.82, 2.24) is 29.7 Å². The van der Waals surface area contributed by atoms with Crippen LogP contribution in [0.3, 0.4) is 0 Å². The number of aromatic nitrogens is 5. The molecule has 5 rings (SSSR count). The van der Waals surface area contributed by atoms with Gasteiger partial charge in [-0.15, -0.1) is 5.10 Å². The Morgan fingerprint density at radius 1 is 1.22 bits per heavy atom. The monoisotopic (exact) mass is 436 g/mol. The van der Waals surface area contributed by atoms with E-state index in [0.29, 0.717) is 34.5 Å². The number of hydrogen-bond acceptors (Lipinski definition) is 6. The van der Waals surface area contributed by atoms with E-state index in [-0.39, 0.29) is 11.6 Å². The Morgan fingerprint density at radius 2 is 1.97 bits per heavy atom. The smallest absolute Gasteiger partial charge is 0.258 e. The number of carbonyl (C=O) groups excluding carboxylic acids is 1. The highest BCUT2D eigenvalue weighted by atomic mass is 19.1. The fourth-order valence-electron chi connectivity index (χ4n) is 4.55. The molecule has 3 aromatic heterocycles. The van der Waals surface area contributed by atoms with Gasteiger partial charge in [0.2, 0.25) is 0 Å². The predicted molar refractivity (Wildman–Crippen MR) is 121 cm³/mol. The van der Waals surface area contributed by atoms with Gasteiger partial charge in [0.25, 0.3) is 5.91 Å². The molecule has 0 aliphatic carbocycles. The van der Waals surface area contributed by atoms with E-state index in [1.165, 1.54) is 6.07 Å². The van der Waals surface area contributed by atoms with Crippen molar-refractivity contribution in [2.75, 3.05) is 23.3 Å². The SMILES string of the molecule is Cc1cn2cc(NC(=O)c3ccc(N4C[C@@H](C)N[C@H](C)C4)c4c3nnn4C)cc(F)c2n1. The second kappa shape index (κ2) is 7.56. The van der Waals surface area contributed by atoms with Gasteiger partial charge in [-0.3, -0.25) is 4.79 Å². The first-order valence-corrected chi connectivity index (χ1v) is 10.6. The molecule has 4 aromatic rings. The molecule has 1 aromatic carbocycles. The quantitative estimate of drug-likeness (QED) is 0.513. The number of anilines is 2. The molecule has 0 spiro atoms. The van der Waals surface area contributed by atoms with Gasteiger partial charge in [-0.2, -0.15) is 0 Å². The van der Waals surface area contributed by atoms with Gasteiger partial charge >= 0.3 is 0 Å². The van der Waals surface area contributed by atoms with Crippen LogP contribution in [0, 0.1) is 12.7 Å². The molecule has 32 heavy (non-hydrogen) atoms. The average Bonchev–Trinajstić information content (AvgIpc) is 3.29. The van der Waals surface area contributed by atoms with E-state index in [1.807, 2.05) is 13.1 Å². The molecule has 9 nitrogen and oxygen atoms in total. The molecule has 1 aliphatic heterocycles. The van der Waals surface area contributed by atoms with Crippen LogP contribution in [0.4, 0.5) is 15.8 Å². The van der Waals surface area contributed by atoms with E-state index in [9.17, 15) is 9.18 Å². The number of fused-ring (bicyclic) bond motifs is 2. The maximum absolute atomic E-state index is 14.4. The van der Waals surface area contributed by atoms with E-state index in [2.05, 4.69) is 44.7 Å². The van der Waals surface area contributed by atoms with E-state index in [0.717, 1.165) is 24.3 Å². The van der Waals surface area contributed by atoms with Gasteiger partial charge in [-0.25, -0.2) is 14.1 Å². The van der Waals surface area contributed by atoms with Gasteiger partial charge in [0.1, 0.15) is 11.0 Å². The lowest BCUT2D eigenvalue weighted by Gasteiger charge is -2.38. The van der Waals surface area contributed by atoms with E-state index < -0.39 is 5.82 Å². The average molecular weight is 436 g/mol. The van der Waals surface area contributed by atoms with Gasteiger partial charge in [0.15, 0.2) is 11.5 Å². The molecule has 2 atom stereocenters. The number of hydrogen-bond donors (Lipinski definition) is 2. The van der Waals surface area contributed by atoms with Gasteiger partial charge in [-0.05, 0) is 32.9 Å². The summed E-state index contributed by atoms with van der Waals surface area (Å²) in [6.07, 6.45) is 3.35. The number of imidazole rings is 1. The minimum atomic E-state index is -0.502. The van der Waals surface area contributed by atoms with E-state index in [1.54, 1.807) is 34.5 Å². The van der Waals surface area contributed by atoms with Gasteiger partial charge in [0.05, 0.1) is 22.6 Å². The summed E-state index contributed by atoms with van der Waals surface area (Å²) in [5.41, 5.74) is 3.94. The van der Waals surface area contributed by atoms with Crippen molar-refractivity contribution >= 4 is 34.0 Å². The number of benzene rings is 1. The third kappa shape index (κ3) is 3.46. The third-order valence-corrected chi connectivity index (χ3v) is 5.76. The Kier molecular flexibility index (Phi) is 4.81. The summed E-state index contributed by atoms with van der Waals surface area (Å²) in [4.78, 5) is 19.6. The maximum atomic E-state index is 14.4. The molecule has 0 bridgehead atoms. The van der Waals surface area contributed by atoms with Gasteiger partial charge < -0.3 is 19.9 Å². The number of rotatable bonds is 3. The molecule has 10 heteroatoms. The maximum Gasteiger partial charge on any atom is 0.258 e. The molecule has 2 N–H and O–H groups in total. The first-order valence-electron chi connectivity index (χ1n) is 10.6. The molecule has 166 valence electrons. The molecule has 1 saturated heterocycles. The lowest BCUT2D eigenvalue weighted by atomic mass is 10.1. The fourth-order valence-corrected chi connectivity index (χ4v) is 4.55. The topological polar surface area (TPSA) is 92.4 Å². The van der Waals surface area contributed by atoms with Crippen LogP contribution < -0.4 is 15.5 Å². The van der Waals surface area contributed by atoms with Crippen LogP contribution in [0.2, 0.25) is 0 Å². The molecular formula is C22H25FN8O. The first-order chi connectivity index (χ1) is 15.3. The summed E-state index contributed by atoms with van der Waals surface area (Å²) in [5, 5.41) is 14.8. The summed E-state index contributed by atoms with van der Waals surface area (Å²) < 4.78 is 17.7. The highest BCUT2D eigenvalue weighted by Crippen LogP contribution is 2.30. The van der Waals surface area contributed by atoms with Crippen LogP contribution in [0.25, 0.3) is 16.7 Å². The zero-order valence-electron chi connectivity index (χ0n) is 18.4. The number of carbonyl (C=O) groups is 1. The standard InChI is InChI=1S/C22H25FN8O/c1-12-8-30(9-13(2)24-12)18-6-5-16(19-20(18)29(4)28-27-19)22(32)26-15-7-17(23)21-25-14(3)10-31(21)11-15/h5-7,10-13,24H,8-9H2,1-4H3,(H,26,32)/t12-,13-/m1/s1. The molecule has 0 unspecified atom stereocenters. The zero-order valence-corrected chi connectivity index (χ0v) is 18.4. The van der Waals surface area contributed by atoms with Crippen LogP contribution in [-0.2, 0) is 7.05 Å². The summed E-state index contributed by atoms with van der Waals surface area (Å²) in [5.74, 6) is -0.877. The Hall–Kier alpha value is -3.53. The summed E-state index contributed by atoms with van der Waals surface area (Å²) in [6.45, 7) is 7.79. The molecule has 4 heterocycles. The largest absolute Gasteiger partial charge is 0.367 e. The van der Waals surface area contributed by atoms with Gasteiger partial charge in [-0.1, -0.05) is 5.21 Å².